The fourth-order valence-electron chi connectivity index (χ4n) is 1.24. The zero-order valence-electron chi connectivity index (χ0n) is 9.42. The topological polar surface area (TPSA) is 38.3 Å². The summed E-state index contributed by atoms with van der Waals surface area (Å²) in [6.07, 6.45) is 0. The molecule has 0 unspecified atom stereocenters. The minimum atomic E-state index is -0.192. The second kappa shape index (κ2) is 5.88. The molecule has 0 atom stereocenters. The number of aryl methyl sites for hydroxylation is 2. The van der Waals surface area contributed by atoms with Crippen molar-refractivity contribution < 1.29 is 9.53 Å². The molecule has 1 N–H and O–H groups in total. The molecular weight excluding hydrogens is 210 g/mol. The summed E-state index contributed by atoms with van der Waals surface area (Å²) in [5.74, 6) is -0.192. The summed E-state index contributed by atoms with van der Waals surface area (Å²) in [6, 6.07) is 2.15. The third kappa shape index (κ3) is 4.01. The van der Waals surface area contributed by atoms with E-state index in [9.17, 15) is 4.79 Å². The molecule has 0 fully saturated rings. The van der Waals surface area contributed by atoms with E-state index in [-0.39, 0.29) is 12.5 Å². The molecule has 0 spiro atoms. The Kier molecular flexibility index (Phi) is 4.78. The number of rotatable bonds is 5. The summed E-state index contributed by atoms with van der Waals surface area (Å²) in [4.78, 5) is 13.6. The van der Waals surface area contributed by atoms with E-state index < -0.39 is 0 Å². The molecule has 84 valence electrons. The molecule has 0 aromatic carbocycles. The van der Waals surface area contributed by atoms with Crippen LogP contribution in [-0.2, 0) is 16.1 Å². The van der Waals surface area contributed by atoms with Gasteiger partial charge in [0.05, 0.1) is 13.2 Å². The van der Waals surface area contributed by atoms with Crippen molar-refractivity contribution in [2.45, 2.75) is 27.3 Å². The molecule has 15 heavy (non-hydrogen) atoms. The van der Waals surface area contributed by atoms with Crippen LogP contribution < -0.4 is 5.32 Å². The van der Waals surface area contributed by atoms with Crippen LogP contribution in [-0.4, -0.2) is 19.1 Å². The summed E-state index contributed by atoms with van der Waals surface area (Å²) < 4.78 is 4.81. The van der Waals surface area contributed by atoms with Gasteiger partial charge in [-0.25, -0.2) is 0 Å². The Morgan fingerprint density at radius 1 is 1.53 bits per heavy atom. The number of hydrogen-bond donors (Lipinski definition) is 1. The van der Waals surface area contributed by atoms with E-state index in [0.717, 1.165) is 6.54 Å². The molecule has 0 radical (unpaired) electrons. The summed E-state index contributed by atoms with van der Waals surface area (Å²) in [5, 5.41) is 3.06. The molecule has 0 aliphatic rings. The fourth-order valence-corrected chi connectivity index (χ4v) is 2.26. The van der Waals surface area contributed by atoms with E-state index in [2.05, 4.69) is 25.2 Å². The Bertz CT molecular complexity index is 314. The van der Waals surface area contributed by atoms with Gasteiger partial charge < -0.3 is 10.1 Å². The van der Waals surface area contributed by atoms with Gasteiger partial charge in [0.25, 0.3) is 0 Å². The first-order valence-corrected chi connectivity index (χ1v) is 5.87. The average Bonchev–Trinajstić information content (AvgIpc) is 2.46. The van der Waals surface area contributed by atoms with Gasteiger partial charge >= 0.3 is 5.97 Å². The number of esters is 1. The van der Waals surface area contributed by atoms with Gasteiger partial charge in [-0.2, -0.15) is 0 Å². The van der Waals surface area contributed by atoms with Crippen molar-refractivity contribution in [1.82, 2.24) is 5.32 Å². The van der Waals surface area contributed by atoms with Crippen molar-refractivity contribution in [1.29, 1.82) is 0 Å². The summed E-state index contributed by atoms with van der Waals surface area (Å²) >= 11 is 1.76. The first kappa shape index (κ1) is 12.2. The minimum Gasteiger partial charge on any atom is -0.465 e. The number of carbonyl (C=O) groups is 1. The second-order valence-corrected chi connectivity index (χ2v) is 4.70. The lowest BCUT2D eigenvalue weighted by atomic mass is 10.3. The first-order chi connectivity index (χ1) is 7.13. The van der Waals surface area contributed by atoms with Crippen molar-refractivity contribution in [3.8, 4) is 0 Å². The highest BCUT2D eigenvalue weighted by Crippen LogP contribution is 2.19. The van der Waals surface area contributed by atoms with E-state index in [1.165, 1.54) is 15.3 Å². The van der Waals surface area contributed by atoms with E-state index in [1.807, 2.05) is 6.92 Å². The van der Waals surface area contributed by atoms with Crippen molar-refractivity contribution in [3.05, 3.63) is 21.4 Å². The maximum absolute atomic E-state index is 11.0. The van der Waals surface area contributed by atoms with Crippen molar-refractivity contribution in [2.24, 2.45) is 0 Å². The van der Waals surface area contributed by atoms with E-state index >= 15 is 0 Å². The molecule has 0 saturated carbocycles. The van der Waals surface area contributed by atoms with Gasteiger partial charge in [-0.1, -0.05) is 0 Å². The summed E-state index contributed by atoms with van der Waals surface area (Å²) in [6.45, 7) is 7.47. The van der Waals surface area contributed by atoms with E-state index in [0.29, 0.717) is 6.61 Å². The van der Waals surface area contributed by atoms with Crippen LogP contribution in [0.3, 0.4) is 0 Å². The largest absolute Gasteiger partial charge is 0.465 e. The van der Waals surface area contributed by atoms with Crippen LogP contribution in [0.4, 0.5) is 0 Å². The maximum Gasteiger partial charge on any atom is 0.319 e. The minimum absolute atomic E-state index is 0.192. The third-order valence-electron chi connectivity index (χ3n) is 2.09. The fraction of sp³-hybridized carbons (Fsp3) is 0.545. The first-order valence-electron chi connectivity index (χ1n) is 5.05. The molecule has 1 rings (SSSR count). The Balaban J connectivity index is 2.28. The van der Waals surface area contributed by atoms with Crippen LogP contribution in [0.1, 0.15) is 22.2 Å². The Hall–Kier alpha value is -0.870. The lowest BCUT2D eigenvalue weighted by molar-refractivity contribution is -0.142. The molecule has 0 aliphatic carbocycles. The molecule has 4 heteroatoms. The van der Waals surface area contributed by atoms with Crippen LogP contribution in [0.15, 0.2) is 6.07 Å². The van der Waals surface area contributed by atoms with Crippen molar-refractivity contribution >= 4 is 17.3 Å². The van der Waals surface area contributed by atoms with Gasteiger partial charge in [-0.3, -0.25) is 4.79 Å². The van der Waals surface area contributed by atoms with Crippen LogP contribution >= 0.6 is 11.3 Å². The van der Waals surface area contributed by atoms with Gasteiger partial charge in [-0.05, 0) is 32.4 Å². The molecule has 0 saturated heterocycles. The molecule has 1 aromatic heterocycles. The van der Waals surface area contributed by atoms with E-state index in [1.54, 1.807) is 11.3 Å². The lowest BCUT2D eigenvalue weighted by Crippen LogP contribution is -2.23. The molecule has 0 bridgehead atoms. The maximum atomic E-state index is 11.0. The predicted octanol–water partition coefficient (Wildman–Crippen LogP) is 2.02. The van der Waals surface area contributed by atoms with Crippen LogP contribution in [0.5, 0.6) is 0 Å². The smallest absolute Gasteiger partial charge is 0.319 e. The zero-order chi connectivity index (χ0) is 11.3. The molecule has 1 aromatic rings. The highest BCUT2D eigenvalue weighted by atomic mass is 32.1. The third-order valence-corrected chi connectivity index (χ3v) is 3.24. The molecule has 3 nitrogen and oxygen atoms in total. The molecular formula is C11H17NO2S. The number of carbonyl (C=O) groups excluding carboxylic acids is 1. The average molecular weight is 227 g/mol. The number of thiophene rings is 1. The zero-order valence-corrected chi connectivity index (χ0v) is 10.2. The van der Waals surface area contributed by atoms with Crippen LogP contribution in [0, 0.1) is 13.8 Å². The highest BCUT2D eigenvalue weighted by molar-refractivity contribution is 7.12. The van der Waals surface area contributed by atoms with Gasteiger partial charge in [0, 0.05) is 16.3 Å². The quantitative estimate of drug-likeness (QED) is 0.782. The summed E-state index contributed by atoms with van der Waals surface area (Å²) in [7, 11) is 0. The molecule has 1 heterocycles. The number of ether oxygens (including phenoxy) is 1. The number of nitrogens with one attached hydrogen (secondary N) is 1. The predicted molar refractivity (Wildman–Crippen MR) is 62.1 cm³/mol. The van der Waals surface area contributed by atoms with Gasteiger partial charge in [0.15, 0.2) is 0 Å². The molecule has 0 aliphatic heterocycles. The van der Waals surface area contributed by atoms with Crippen molar-refractivity contribution in [2.75, 3.05) is 13.2 Å². The second-order valence-electron chi connectivity index (χ2n) is 3.36. The van der Waals surface area contributed by atoms with Gasteiger partial charge in [0.1, 0.15) is 0 Å². The SMILES string of the molecule is CCOC(=O)CNCc1cc(C)c(C)s1. The van der Waals surface area contributed by atoms with Crippen molar-refractivity contribution in [3.63, 3.8) is 0 Å². The standard InChI is InChI=1S/C11H17NO2S/c1-4-14-11(13)7-12-6-10-5-8(2)9(3)15-10/h5,12H,4,6-7H2,1-3H3. The van der Waals surface area contributed by atoms with E-state index in [4.69, 9.17) is 4.74 Å². The number of hydrogen-bond acceptors (Lipinski definition) is 4. The van der Waals surface area contributed by atoms with Crippen LogP contribution in [0.25, 0.3) is 0 Å². The highest BCUT2D eigenvalue weighted by Gasteiger charge is 2.03. The van der Waals surface area contributed by atoms with Gasteiger partial charge in [-0.15, -0.1) is 11.3 Å². The Labute approximate surface area is 94.5 Å². The summed E-state index contributed by atoms with van der Waals surface area (Å²) in [5.41, 5.74) is 1.31. The Morgan fingerprint density at radius 3 is 2.80 bits per heavy atom. The monoisotopic (exact) mass is 227 g/mol. The van der Waals surface area contributed by atoms with Gasteiger partial charge in [0.2, 0.25) is 0 Å². The van der Waals surface area contributed by atoms with Crippen LogP contribution in [0.2, 0.25) is 0 Å². The lowest BCUT2D eigenvalue weighted by Gasteiger charge is -2.02. The molecule has 0 amide bonds. The normalized spacial score (nSPS) is 10.3. The Morgan fingerprint density at radius 2 is 2.27 bits per heavy atom.